The summed E-state index contributed by atoms with van der Waals surface area (Å²) in [6, 6.07) is 18.4. The van der Waals surface area contributed by atoms with Crippen LogP contribution in [0, 0.1) is 0 Å². The lowest BCUT2D eigenvalue weighted by molar-refractivity contribution is -0.136. The fraction of sp³-hybridized carbons (Fsp3) is 0.227. The molecule has 4 rings (SSSR count). The summed E-state index contributed by atoms with van der Waals surface area (Å²) in [6.07, 6.45) is 3.10. The predicted molar refractivity (Wildman–Crippen MR) is 105 cm³/mol. The molecule has 1 aliphatic heterocycles. The van der Waals surface area contributed by atoms with Gasteiger partial charge in [-0.05, 0) is 37.1 Å². The fourth-order valence-corrected chi connectivity index (χ4v) is 3.44. The molecule has 0 radical (unpaired) electrons. The molecule has 142 valence electrons. The van der Waals surface area contributed by atoms with Crippen LogP contribution < -0.4 is 5.32 Å². The van der Waals surface area contributed by atoms with Crippen molar-refractivity contribution in [3.05, 3.63) is 72.6 Å². The minimum Gasteiger partial charge on any atom is -0.444 e. The molecule has 1 N–H and O–H groups in total. The molecule has 1 atom stereocenters. The van der Waals surface area contributed by atoms with E-state index in [2.05, 4.69) is 10.3 Å². The van der Waals surface area contributed by atoms with E-state index in [0.717, 1.165) is 17.7 Å². The molecule has 1 fully saturated rings. The van der Waals surface area contributed by atoms with E-state index in [0.29, 0.717) is 24.6 Å². The summed E-state index contributed by atoms with van der Waals surface area (Å²) in [6.45, 7) is 0.578. The molecule has 2 aromatic carbocycles. The van der Waals surface area contributed by atoms with Crippen molar-refractivity contribution in [2.45, 2.75) is 25.3 Å². The van der Waals surface area contributed by atoms with E-state index in [1.54, 1.807) is 4.90 Å². The first-order valence-electron chi connectivity index (χ1n) is 9.36. The van der Waals surface area contributed by atoms with E-state index in [4.69, 9.17) is 4.42 Å². The van der Waals surface area contributed by atoms with Gasteiger partial charge >= 0.3 is 0 Å². The van der Waals surface area contributed by atoms with E-state index in [9.17, 15) is 9.59 Å². The standard InChI is InChI=1S/C22H21N3O3/c26-20(14-18-15-28-22(24-18)16-8-3-1-4-9-16)25-13-7-12-19(25)21(27)23-17-10-5-2-6-11-17/h1-6,8-11,15,19H,7,12-14H2,(H,23,27)/t19-/m1/s1. The zero-order valence-corrected chi connectivity index (χ0v) is 15.4. The second-order valence-electron chi connectivity index (χ2n) is 6.79. The largest absolute Gasteiger partial charge is 0.444 e. The summed E-state index contributed by atoms with van der Waals surface area (Å²) in [4.78, 5) is 31.5. The smallest absolute Gasteiger partial charge is 0.247 e. The third-order valence-electron chi connectivity index (χ3n) is 4.82. The zero-order valence-electron chi connectivity index (χ0n) is 15.4. The minimum atomic E-state index is -0.451. The van der Waals surface area contributed by atoms with Crippen LogP contribution in [0.25, 0.3) is 11.5 Å². The Balaban J connectivity index is 1.41. The van der Waals surface area contributed by atoms with Gasteiger partial charge in [0, 0.05) is 17.8 Å². The average Bonchev–Trinajstić information content (AvgIpc) is 3.39. The Morgan fingerprint density at radius 2 is 1.79 bits per heavy atom. The number of carbonyl (C=O) groups is 2. The maximum Gasteiger partial charge on any atom is 0.247 e. The van der Waals surface area contributed by atoms with Crippen molar-refractivity contribution in [2.24, 2.45) is 0 Å². The van der Waals surface area contributed by atoms with E-state index in [-0.39, 0.29) is 18.2 Å². The highest BCUT2D eigenvalue weighted by atomic mass is 16.3. The van der Waals surface area contributed by atoms with Crippen LogP contribution in [-0.2, 0) is 16.0 Å². The summed E-state index contributed by atoms with van der Waals surface area (Å²) in [5.74, 6) is 0.226. The average molecular weight is 375 g/mol. The number of hydrogen-bond donors (Lipinski definition) is 1. The normalized spacial score (nSPS) is 16.1. The third kappa shape index (κ3) is 3.96. The highest BCUT2D eigenvalue weighted by Crippen LogP contribution is 2.22. The third-order valence-corrected chi connectivity index (χ3v) is 4.82. The van der Waals surface area contributed by atoms with Gasteiger partial charge in [0.1, 0.15) is 12.3 Å². The number of anilines is 1. The quantitative estimate of drug-likeness (QED) is 0.740. The molecule has 0 unspecified atom stereocenters. The number of para-hydroxylation sites is 1. The van der Waals surface area contributed by atoms with Gasteiger partial charge in [0.15, 0.2) is 0 Å². The molecule has 0 aliphatic carbocycles. The van der Waals surface area contributed by atoms with Crippen LogP contribution in [0.5, 0.6) is 0 Å². The van der Waals surface area contributed by atoms with Crippen LogP contribution in [0.2, 0.25) is 0 Å². The molecular formula is C22H21N3O3. The van der Waals surface area contributed by atoms with E-state index in [1.165, 1.54) is 6.26 Å². The number of aromatic nitrogens is 1. The van der Waals surface area contributed by atoms with E-state index in [1.807, 2.05) is 60.7 Å². The van der Waals surface area contributed by atoms with Gasteiger partial charge in [-0.25, -0.2) is 4.98 Å². The summed E-state index contributed by atoms with van der Waals surface area (Å²) in [5.41, 5.74) is 2.16. The van der Waals surface area contributed by atoms with Crippen LogP contribution in [0.15, 0.2) is 71.3 Å². The topological polar surface area (TPSA) is 75.4 Å². The van der Waals surface area contributed by atoms with Crippen molar-refractivity contribution >= 4 is 17.5 Å². The summed E-state index contributed by atoms with van der Waals surface area (Å²) in [7, 11) is 0. The lowest BCUT2D eigenvalue weighted by atomic mass is 10.2. The molecule has 2 heterocycles. The lowest BCUT2D eigenvalue weighted by Gasteiger charge is -2.23. The number of likely N-dealkylation sites (tertiary alicyclic amines) is 1. The molecule has 1 aromatic heterocycles. The van der Waals surface area contributed by atoms with Gasteiger partial charge in [-0.2, -0.15) is 0 Å². The number of carbonyl (C=O) groups excluding carboxylic acids is 2. The molecule has 0 spiro atoms. The highest BCUT2D eigenvalue weighted by molar-refractivity contribution is 5.97. The minimum absolute atomic E-state index is 0.112. The zero-order chi connectivity index (χ0) is 19.3. The Kier molecular flexibility index (Phi) is 5.19. The van der Waals surface area contributed by atoms with Crippen molar-refractivity contribution in [2.75, 3.05) is 11.9 Å². The van der Waals surface area contributed by atoms with Crippen molar-refractivity contribution in [1.29, 1.82) is 0 Å². The number of oxazole rings is 1. The molecule has 1 aliphatic rings. The van der Waals surface area contributed by atoms with Gasteiger partial charge < -0.3 is 14.6 Å². The van der Waals surface area contributed by atoms with Gasteiger partial charge in [-0.15, -0.1) is 0 Å². The number of nitrogens with zero attached hydrogens (tertiary/aromatic N) is 2. The molecule has 6 nitrogen and oxygen atoms in total. The Bertz CT molecular complexity index is 953. The molecule has 2 amide bonds. The molecule has 1 saturated heterocycles. The Morgan fingerprint density at radius 3 is 2.54 bits per heavy atom. The lowest BCUT2D eigenvalue weighted by Crippen LogP contribution is -2.43. The molecule has 3 aromatic rings. The number of amides is 2. The second-order valence-corrected chi connectivity index (χ2v) is 6.79. The molecule has 0 bridgehead atoms. The molecular weight excluding hydrogens is 354 g/mol. The van der Waals surface area contributed by atoms with Gasteiger partial charge in [-0.1, -0.05) is 36.4 Å². The Morgan fingerprint density at radius 1 is 1.07 bits per heavy atom. The molecule has 0 saturated carbocycles. The first kappa shape index (κ1) is 18.0. The van der Waals surface area contributed by atoms with Crippen LogP contribution in [0.4, 0.5) is 5.69 Å². The van der Waals surface area contributed by atoms with Gasteiger partial charge in [-0.3, -0.25) is 9.59 Å². The SMILES string of the molecule is O=C(Nc1ccccc1)[C@H]1CCCN1C(=O)Cc1coc(-c2ccccc2)n1. The fourth-order valence-electron chi connectivity index (χ4n) is 3.44. The van der Waals surface area contributed by atoms with Gasteiger partial charge in [0.25, 0.3) is 0 Å². The monoisotopic (exact) mass is 375 g/mol. The first-order valence-corrected chi connectivity index (χ1v) is 9.36. The Hall–Kier alpha value is -3.41. The van der Waals surface area contributed by atoms with Crippen LogP contribution in [-0.4, -0.2) is 34.3 Å². The van der Waals surface area contributed by atoms with Crippen LogP contribution in [0.1, 0.15) is 18.5 Å². The summed E-state index contributed by atoms with van der Waals surface area (Å²) < 4.78 is 5.51. The molecule has 6 heteroatoms. The van der Waals surface area contributed by atoms with Crippen molar-refractivity contribution in [3.8, 4) is 11.5 Å². The Labute approximate surface area is 163 Å². The first-order chi connectivity index (χ1) is 13.7. The molecule has 28 heavy (non-hydrogen) atoms. The van der Waals surface area contributed by atoms with Gasteiger partial charge in [0.05, 0.1) is 12.1 Å². The van der Waals surface area contributed by atoms with Crippen molar-refractivity contribution in [3.63, 3.8) is 0 Å². The number of rotatable bonds is 5. The predicted octanol–water partition coefficient (Wildman–Crippen LogP) is 3.51. The van der Waals surface area contributed by atoms with Gasteiger partial charge in [0.2, 0.25) is 17.7 Å². The highest BCUT2D eigenvalue weighted by Gasteiger charge is 2.34. The van der Waals surface area contributed by atoms with Crippen molar-refractivity contribution < 1.29 is 14.0 Å². The number of benzene rings is 2. The van der Waals surface area contributed by atoms with E-state index >= 15 is 0 Å². The maximum atomic E-state index is 12.8. The van der Waals surface area contributed by atoms with Crippen molar-refractivity contribution in [1.82, 2.24) is 9.88 Å². The van der Waals surface area contributed by atoms with Crippen LogP contribution in [0.3, 0.4) is 0 Å². The number of hydrogen-bond acceptors (Lipinski definition) is 4. The summed E-state index contributed by atoms with van der Waals surface area (Å²) >= 11 is 0. The van der Waals surface area contributed by atoms with Crippen LogP contribution >= 0.6 is 0 Å². The second kappa shape index (κ2) is 8.08. The summed E-state index contributed by atoms with van der Waals surface area (Å²) in [5, 5.41) is 2.89. The maximum absolute atomic E-state index is 12.8. The number of nitrogens with one attached hydrogen (secondary N) is 1. The van der Waals surface area contributed by atoms with E-state index < -0.39 is 6.04 Å².